The van der Waals surface area contributed by atoms with Crippen LogP contribution < -0.4 is 10.1 Å². The fraction of sp³-hybridized carbons (Fsp3) is 0.333. The summed E-state index contributed by atoms with van der Waals surface area (Å²) in [5.41, 5.74) is 3.89. The molecule has 0 saturated carbocycles. The van der Waals surface area contributed by atoms with Crippen LogP contribution in [0, 0.1) is 12.8 Å². The highest BCUT2D eigenvalue weighted by Crippen LogP contribution is 2.30. The number of aromatic nitrogens is 1. The highest BCUT2D eigenvalue weighted by Gasteiger charge is 2.31. The van der Waals surface area contributed by atoms with Gasteiger partial charge in [0.15, 0.2) is 0 Å². The molecule has 5 heteroatoms. The lowest BCUT2D eigenvalue weighted by atomic mass is 9.88. The summed E-state index contributed by atoms with van der Waals surface area (Å²) in [6.45, 7) is 4.84. The van der Waals surface area contributed by atoms with Gasteiger partial charge in [-0.1, -0.05) is 36.4 Å². The molecule has 0 radical (unpaired) electrons. The van der Waals surface area contributed by atoms with Crippen LogP contribution in [0.25, 0.3) is 0 Å². The molecule has 166 valence electrons. The lowest BCUT2D eigenvalue weighted by Gasteiger charge is -2.37. The van der Waals surface area contributed by atoms with Gasteiger partial charge in [-0.05, 0) is 73.7 Å². The van der Waals surface area contributed by atoms with Crippen LogP contribution in [-0.4, -0.2) is 36.0 Å². The number of carbonyl (C=O) groups is 1. The normalized spacial score (nSPS) is 17.5. The Bertz CT molecular complexity index is 1020. The second-order valence-corrected chi connectivity index (χ2v) is 8.51. The maximum absolute atomic E-state index is 13.2. The zero-order chi connectivity index (χ0) is 22.3. The standard InChI is InChI=1S/C27H31N3O2/c1-20-8-3-4-10-24(20)27(31)29-26(25-11-5-6-16-28-25)22-9-7-17-30(19-22)18-21-12-14-23(32-2)15-13-21/h3-6,8,10-16,22,26H,7,9,17-19H2,1-2H3,(H,29,31)/t22-,26+/m1/s1. The predicted molar refractivity (Wildman–Crippen MR) is 127 cm³/mol. The number of nitrogens with one attached hydrogen (secondary N) is 1. The molecule has 1 amide bonds. The van der Waals surface area contributed by atoms with E-state index >= 15 is 0 Å². The van der Waals surface area contributed by atoms with Crippen LogP contribution in [0.4, 0.5) is 0 Å². The Morgan fingerprint density at radius 1 is 1.12 bits per heavy atom. The SMILES string of the molecule is COc1ccc(CN2CCC[C@@H]([C@H](NC(=O)c3ccccc3C)c3ccccn3)C2)cc1. The average molecular weight is 430 g/mol. The van der Waals surface area contributed by atoms with Crippen molar-refractivity contribution in [1.29, 1.82) is 0 Å². The second kappa shape index (κ2) is 10.4. The monoisotopic (exact) mass is 429 g/mol. The molecule has 3 aromatic rings. The number of carbonyl (C=O) groups excluding carboxylic acids is 1. The summed E-state index contributed by atoms with van der Waals surface area (Å²) in [4.78, 5) is 20.2. The van der Waals surface area contributed by atoms with Crippen LogP contribution in [0.5, 0.6) is 5.75 Å². The first kappa shape index (κ1) is 22.0. The van der Waals surface area contributed by atoms with Crippen molar-refractivity contribution < 1.29 is 9.53 Å². The van der Waals surface area contributed by atoms with Gasteiger partial charge >= 0.3 is 0 Å². The van der Waals surface area contributed by atoms with Crippen molar-refractivity contribution >= 4 is 5.91 Å². The number of benzene rings is 2. The van der Waals surface area contributed by atoms with Gasteiger partial charge in [-0.15, -0.1) is 0 Å². The van der Waals surface area contributed by atoms with Crippen LogP contribution in [0.1, 0.15) is 46.1 Å². The molecule has 0 unspecified atom stereocenters. The molecular weight excluding hydrogens is 398 g/mol. The second-order valence-electron chi connectivity index (χ2n) is 8.51. The minimum absolute atomic E-state index is 0.0361. The van der Waals surface area contributed by atoms with Gasteiger partial charge in [0, 0.05) is 24.8 Å². The van der Waals surface area contributed by atoms with Crippen molar-refractivity contribution in [3.05, 3.63) is 95.3 Å². The summed E-state index contributed by atoms with van der Waals surface area (Å²) in [6, 6.07) is 21.8. The molecule has 32 heavy (non-hydrogen) atoms. The van der Waals surface area contributed by atoms with Crippen molar-refractivity contribution in [2.24, 2.45) is 5.92 Å². The molecule has 4 rings (SSSR count). The summed E-state index contributed by atoms with van der Waals surface area (Å²) in [5, 5.41) is 3.32. The molecule has 0 spiro atoms. The van der Waals surface area contributed by atoms with Crippen molar-refractivity contribution in [1.82, 2.24) is 15.2 Å². The van der Waals surface area contributed by atoms with Gasteiger partial charge in [-0.3, -0.25) is 14.7 Å². The third kappa shape index (κ3) is 5.35. The number of hydrogen-bond donors (Lipinski definition) is 1. The van der Waals surface area contributed by atoms with Crippen LogP contribution in [-0.2, 0) is 6.54 Å². The zero-order valence-corrected chi connectivity index (χ0v) is 18.8. The van der Waals surface area contributed by atoms with Crippen molar-refractivity contribution in [3.63, 3.8) is 0 Å². The van der Waals surface area contributed by atoms with Crippen molar-refractivity contribution in [3.8, 4) is 5.75 Å². The first-order valence-corrected chi connectivity index (χ1v) is 11.3. The first-order chi connectivity index (χ1) is 15.6. The highest BCUT2D eigenvalue weighted by atomic mass is 16.5. The number of amides is 1. The fourth-order valence-electron chi connectivity index (χ4n) is 4.54. The van der Waals surface area contributed by atoms with Gasteiger partial charge in [0.2, 0.25) is 0 Å². The minimum Gasteiger partial charge on any atom is -0.497 e. The Balaban J connectivity index is 1.51. The van der Waals surface area contributed by atoms with Crippen LogP contribution >= 0.6 is 0 Å². The van der Waals surface area contributed by atoms with E-state index < -0.39 is 0 Å². The van der Waals surface area contributed by atoms with E-state index in [4.69, 9.17) is 4.74 Å². The molecular formula is C27H31N3O2. The van der Waals surface area contributed by atoms with E-state index in [1.165, 1.54) is 5.56 Å². The molecule has 1 aliphatic rings. The molecule has 0 aliphatic carbocycles. The van der Waals surface area contributed by atoms with Gasteiger partial charge < -0.3 is 10.1 Å². The zero-order valence-electron chi connectivity index (χ0n) is 18.8. The maximum atomic E-state index is 13.2. The third-order valence-corrected chi connectivity index (χ3v) is 6.26. The number of methoxy groups -OCH3 is 1. The number of aryl methyl sites for hydroxylation is 1. The Hall–Kier alpha value is -3.18. The third-order valence-electron chi connectivity index (χ3n) is 6.26. The average Bonchev–Trinajstić information content (AvgIpc) is 2.84. The van der Waals surface area contributed by atoms with Gasteiger partial charge in [0.1, 0.15) is 5.75 Å². The van der Waals surface area contributed by atoms with Crippen LogP contribution in [0.3, 0.4) is 0 Å². The van der Waals surface area contributed by atoms with Gasteiger partial charge in [-0.25, -0.2) is 0 Å². The molecule has 1 N–H and O–H groups in total. The van der Waals surface area contributed by atoms with E-state index in [0.717, 1.165) is 55.0 Å². The van der Waals surface area contributed by atoms with Crippen molar-refractivity contribution in [2.75, 3.05) is 20.2 Å². The number of rotatable bonds is 7. The molecule has 2 atom stereocenters. The Kier molecular flexibility index (Phi) is 7.17. The van der Waals surface area contributed by atoms with E-state index in [2.05, 4.69) is 27.3 Å². The topological polar surface area (TPSA) is 54.5 Å². The minimum atomic E-state index is -0.123. The van der Waals surface area contributed by atoms with Crippen LogP contribution in [0.15, 0.2) is 72.9 Å². The number of nitrogens with zero attached hydrogens (tertiary/aromatic N) is 2. The lowest BCUT2D eigenvalue weighted by Crippen LogP contribution is -2.43. The van der Waals surface area contributed by atoms with E-state index in [9.17, 15) is 4.79 Å². The summed E-state index contributed by atoms with van der Waals surface area (Å²) in [5.74, 6) is 1.13. The number of ether oxygens (including phenoxy) is 1. The summed E-state index contributed by atoms with van der Waals surface area (Å²) in [7, 11) is 1.69. The molecule has 1 aliphatic heterocycles. The molecule has 1 aromatic heterocycles. The Labute approximate surface area is 190 Å². The summed E-state index contributed by atoms with van der Waals surface area (Å²) < 4.78 is 5.28. The molecule has 1 saturated heterocycles. The molecule has 5 nitrogen and oxygen atoms in total. The fourth-order valence-corrected chi connectivity index (χ4v) is 4.54. The van der Waals surface area contributed by atoms with E-state index in [-0.39, 0.29) is 11.9 Å². The molecule has 2 aromatic carbocycles. The van der Waals surface area contributed by atoms with Crippen molar-refractivity contribution in [2.45, 2.75) is 32.4 Å². The summed E-state index contributed by atoms with van der Waals surface area (Å²) in [6.07, 6.45) is 3.97. The Morgan fingerprint density at radius 3 is 2.62 bits per heavy atom. The maximum Gasteiger partial charge on any atom is 0.252 e. The number of piperidine rings is 1. The molecule has 0 bridgehead atoms. The molecule has 2 heterocycles. The van der Waals surface area contributed by atoms with E-state index in [1.807, 2.05) is 61.5 Å². The smallest absolute Gasteiger partial charge is 0.252 e. The quantitative estimate of drug-likeness (QED) is 0.587. The number of hydrogen-bond acceptors (Lipinski definition) is 4. The highest BCUT2D eigenvalue weighted by molar-refractivity contribution is 5.95. The number of likely N-dealkylation sites (tertiary alicyclic amines) is 1. The lowest BCUT2D eigenvalue weighted by molar-refractivity contribution is 0.0874. The van der Waals surface area contributed by atoms with E-state index in [0.29, 0.717) is 5.92 Å². The Morgan fingerprint density at radius 2 is 1.91 bits per heavy atom. The predicted octanol–water partition coefficient (Wildman–Crippen LogP) is 4.78. The van der Waals surface area contributed by atoms with Crippen LogP contribution in [0.2, 0.25) is 0 Å². The van der Waals surface area contributed by atoms with Gasteiger partial charge in [-0.2, -0.15) is 0 Å². The summed E-state index contributed by atoms with van der Waals surface area (Å²) >= 11 is 0. The molecule has 1 fully saturated rings. The van der Waals surface area contributed by atoms with Gasteiger partial charge in [0.05, 0.1) is 18.8 Å². The first-order valence-electron chi connectivity index (χ1n) is 11.3. The van der Waals surface area contributed by atoms with Gasteiger partial charge in [0.25, 0.3) is 5.91 Å². The van der Waals surface area contributed by atoms with E-state index in [1.54, 1.807) is 13.3 Å². The largest absolute Gasteiger partial charge is 0.497 e. The number of pyridine rings is 1.